The average molecular weight is 335 g/mol. The number of aromatic amines is 1. The second-order valence-electron chi connectivity index (χ2n) is 5.48. The highest BCUT2D eigenvalue weighted by Gasteiger charge is 2.14. The lowest BCUT2D eigenvalue weighted by Crippen LogP contribution is -2.20. The number of nitrogens with one attached hydrogen (secondary N) is 2. The van der Waals surface area contributed by atoms with Crippen molar-refractivity contribution in [1.29, 1.82) is 0 Å². The molecule has 0 aliphatic rings. The number of H-pyrrole nitrogens is 1. The molecule has 1 amide bonds. The summed E-state index contributed by atoms with van der Waals surface area (Å²) in [6.07, 6.45) is 1.69. The van der Waals surface area contributed by atoms with Crippen molar-refractivity contribution in [3.8, 4) is 5.75 Å². The van der Waals surface area contributed by atoms with E-state index >= 15 is 0 Å². The molecule has 0 radical (unpaired) electrons. The van der Waals surface area contributed by atoms with E-state index in [1.54, 1.807) is 43.6 Å². The van der Waals surface area contributed by atoms with Crippen molar-refractivity contribution in [3.05, 3.63) is 64.6 Å². The number of fused-ring (bicyclic) bond motifs is 2. The second kappa shape index (κ2) is 5.79. The van der Waals surface area contributed by atoms with Crippen molar-refractivity contribution in [2.45, 2.75) is 0 Å². The van der Waals surface area contributed by atoms with E-state index in [1.165, 1.54) is 6.07 Å². The highest BCUT2D eigenvalue weighted by molar-refractivity contribution is 6.06. The van der Waals surface area contributed by atoms with Crippen molar-refractivity contribution in [2.75, 3.05) is 12.4 Å². The molecule has 25 heavy (non-hydrogen) atoms. The summed E-state index contributed by atoms with van der Waals surface area (Å²) in [5, 5.41) is 11.0. The number of rotatable bonds is 3. The van der Waals surface area contributed by atoms with Gasteiger partial charge in [-0.3, -0.25) is 9.89 Å². The van der Waals surface area contributed by atoms with Crippen LogP contribution in [0.4, 0.5) is 5.69 Å². The van der Waals surface area contributed by atoms with E-state index in [2.05, 4.69) is 15.5 Å². The zero-order valence-corrected chi connectivity index (χ0v) is 13.2. The largest absolute Gasteiger partial charge is 0.497 e. The predicted octanol–water partition coefficient (Wildman–Crippen LogP) is 2.93. The summed E-state index contributed by atoms with van der Waals surface area (Å²) >= 11 is 0. The van der Waals surface area contributed by atoms with Gasteiger partial charge in [-0.05, 0) is 42.5 Å². The highest BCUT2D eigenvalue weighted by Crippen LogP contribution is 2.21. The Balaban J connectivity index is 1.70. The van der Waals surface area contributed by atoms with Gasteiger partial charge in [0.2, 0.25) is 0 Å². The lowest BCUT2D eigenvalue weighted by atomic mass is 10.1. The molecular weight excluding hydrogens is 322 g/mol. The van der Waals surface area contributed by atoms with Gasteiger partial charge in [0.1, 0.15) is 16.9 Å². The first kappa shape index (κ1) is 14.9. The van der Waals surface area contributed by atoms with Crippen LogP contribution in [0.3, 0.4) is 0 Å². The number of carbonyl (C=O) groups is 1. The summed E-state index contributed by atoms with van der Waals surface area (Å²) < 4.78 is 10.4. The zero-order chi connectivity index (χ0) is 17.4. The molecule has 2 heterocycles. The van der Waals surface area contributed by atoms with Crippen LogP contribution in [0.2, 0.25) is 0 Å². The third-order valence-electron chi connectivity index (χ3n) is 3.88. The molecule has 4 rings (SSSR count). The number of carbonyl (C=O) groups excluding carboxylic acids is 1. The fourth-order valence-electron chi connectivity index (χ4n) is 2.60. The molecule has 0 aliphatic heterocycles. The monoisotopic (exact) mass is 335 g/mol. The van der Waals surface area contributed by atoms with Gasteiger partial charge in [-0.15, -0.1) is 0 Å². The summed E-state index contributed by atoms with van der Waals surface area (Å²) in [5.41, 5.74) is 0.949. The zero-order valence-electron chi connectivity index (χ0n) is 13.2. The van der Waals surface area contributed by atoms with Gasteiger partial charge in [0.15, 0.2) is 0 Å². The average Bonchev–Trinajstić information content (AvgIpc) is 3.08. The first-order chi connectivity index (χ1) is 12.1. The number of hydrogen-bond donors (Lipinski definition) is 2. The Labute approximate surface area is 141 Å². The molecule has 0 saturated carbocycles. The van der Waals surface area contributed by atoms with E-state index in [1.807, 2.05) is 6.07 Å². The van der Waals surface area contributed by atoms with Gasteiger partial charge in [0.25, 0.3) is 5.91 Å². The summed E-state index contributed by atoms with van der Waals surface area (Å²) in [6, 6.07) is 11.8. The van der Waals surface area contributed by atoms with Crippen LogP contribution in [0.1, 0.15) is 10.4 Å². The summed E-state index contributed by atoms with van der Waals surface area (Å²) in [4.78, 5) is 24.6. The summed E-state index contributed by atoms with van der Waals surface area (Å²) in [5.74, 6) is 0.0646. The van der Waals surface area contributed by atoms with Crippen LogP contribution in [0.15, 0.2) is 57.9 Å². The van der Waals surface area contributed by atoms with E-state index in [-0.39, 0.29) is 5.56 Å². The molecule has 0 unspecified atom stereocenters. The summed E-state index contributed by atoms with van der Waals surface area (Å²) in [7, 11) is 1.54. The Kier molecular flexibility index (Phi) is 3.46. The quantitative estimate of drug-likeness (QED) is 0.561. The Bertz CT molecular complexity index is 1160. The van der Waals surface area contributed by atoms with E-state index in [0.29, 0.717) is 22.4 Å². The third kappa shape index (κ3) is 2.72. The molecule has 7 heteroatoms. The number of benzene rings is 2. The van der Waals surface area contributed by atoms with Crippen LogP contribution in [0.5, 0.6) is 5.75 Å². The van der Waals surface area contributed by atoms with Gasteiger partial charge < -0.3 is 14.5 Å². The predicted molar refractivity (Wildman–Crippen MR) is 93.1 cm³/mol. The minimum absolute atomic E-state index is 0.0783. The van der Waals surface area contributed by atoms with Crippen LogP contribution in [-0.4, -0.2) is 23.2 Å². The van der Waals surface area contributed by atoms with Crippen LogP contribution in [0, 0.1) is 0 Å². The number of ether oxygens (including phenoxy) is 1. The van der Waals surface area contributed by atoms with Crippen molar-refractivity contribution in [1.82, 2.24) is 10.2 Å². The number of amides is 1. The number of anilines is 1. The molecular formula is C18H13N3O4. The fourth-order valence-corrected chi connectivity index (χ4v) is 2.60. The van der Waals surface area contributed by atoms with Crippen molar-refractivity contribution < 1.29 is 13.9 Å². The van der Waals surface area contributed by atoms with Crippen LogP contribution in [0.25, 0.3) is 21.9 Å². The lowest BCUT2D eigenvalue weighted by molar-refractivity contribution is 0.102. The van der Waals surface area contributed by atoms with Crippen molar-refractivity contribution >= 4 is 33.5 Å². The molecule has 2 aromatic heterocycles. The molecule has 0 spiro atoms. The molecule has 4 aromatic rings. The number of nitrogens with zero attached hydrogens (tertiary/aromatic N) is 1. The maximum Gasteiger partial charge on any atom is 0.349 e. The second-order valence-corrected chi connectivity index (χ2v) is 5.48. The Morgan fingerprint density at radius 1 is 1.16 bits per heavy atom. The van der Waals surface area contributed by atoms with Crippen LogP contribution >= 0.6 is 0 Å². The van der Waals surface area contributed by atoms with Crippen LogP contribution in [-0.2, 0) is 0 Å². The molecule has 124 valence electrons. The molecule has 0 atom stereocenters. The Morgan fingerprint density at radius 3 is 2.88 bits per heavy atom. The molecule has 0 saturated heterocycles. The summed E-state index contributed by atoms with van der Waals surface area (Å²) in [6.45, 7) is 0. The van der Waals surface area contributed by atoms with Crippen molar-refractivity contribution in [2.24, 2.45) is 0 Å². The maximum absolute atomic E-state index is 12.5. The fraction of sp³-hybridized carbons (Fsp3) is 0.0556. The normalized spacial score (nSPS) is 10.9. The van der Waals surface area contributed by atoms with E-state index < -0.39 is 11.5 Å². The number of aromatic nitrogens is 2. The van der Waals surface area contributed by atoms with Gasteiger partial charge in [-0.2, -0.15) is 5.10 Å². The molecule has 2 N–H and O–H groups in total. The Hall–Kier alpha value is -3.61. The number of methoxy groups -OCH3 is 1. The van der Waals surface area contributed by atoms with Gasteiger partial charge in [0, 0.05) is 16.5 Å². The minimum Gasteiger partial charge on any atom is -0.497 e. The molecule has 0 bridgehead atoms. The third-order valence-corrected chi connectivity index (χ3v) is 3.88. The van der Waals surface area contributed by atoms with Crippen LogP contribution < -0.4 is 15.7 Å². The van der Waals surface area contributed by atoms with Gasteiger partial charge in [0.05, 0.1) is 18.8 Å². The van der Waals surface area contributed by atoms with Gasteiger partial charge in [-0.25, -0.2) is 4.79 Å². The molecule has 0 fully saturated rings. The highest BCUT2D eigenvalue weighted by atomic mass is 16.5. The molecule has 0 aliphatic carbocycles. The smallest absolute Gasteiger partial charge is 0.349 e. The maximum atomic E-state index is 12.5. The molecule has 7 nitrogen and oxygen atoms in total. The first-order valence-corrected chi connectivity index (χ1v) is 7.50. The van der Waals surface area contributed by atoms with E-state index in [9.17, 15) is 9.59 Å². The standard InChI is InChI=1S/C18H13N3O4/c1-24-13-4-5-16-11(6-13)7-14(18(23)25-16)17(22)20-12-3-2-10-9-19-21-15(10)8-12/h2-9H,1H3,(H,19,21)(H,20,22). The van der Waals surface area contributed by atoms with Gasteiger partial charge >= 0.3 is 5.63 Å². The SMILES string of the molecule is COc1ccc2oc(=O)c(C(=O)Nc3ccc4cn[nH]c4c3)cc2c1. The number of hydrogen-bond acceptors (Lipinski definition) is 5. The first-order valence-electron chi connectivity index (χ1n) is 7.50. The lowest BCUT2D eigenvalue weighted by Gasteiger charge is -2.06. The van der Waals surface area contributed by atoms with Crippen molar-refractivity contribution in [3.63, 3.8) is 0 Å². The van der Waals surface area contributed by atoms with E-state index in [4.69, 9.17) is 9.15 Å². The molecule has 2 aromatic carbocycles. The van der Waals surface area contributed by atoms with E-state index in [0.717, 1.165) is 10.9 Å². The van der Waals surface area contributed by atoms with Gasteiger partial charge in [-0.1, -0.05) is 0 Å². The Morgan fingerprint density at radius 2 is 2.04 bits per heavy atom. The topological polar surface area (TPSA) is 97.2 Å². The minimum atomic E-state index is -0.696.